The summed E-state index contributed by atoms with van der Waals surface area (Å²) in [7, 11) is 0. The van der Waals surface area contributed by atoms with Gasteiger partial charge in [-0.05, 0) is 44.5 Å². The molecule has 0 saturated heterocycles. The Balaban J connectivity index is 1.68. The van der Waals surface area contributed by atoms with Crippen molar-refractivity contribution >= 4 is 29.0 Å². The summed E-state index contributed by atoms with van der Waals surface area (Å²) < 4.78 is 1.19. The summed E-state index contributed by atoms with van der Waals surface area (Å²) in [5, 5.41) is 13.2. The average molecular weight is 378 g/mol. The van der Waals surface area contributed by atoms with Crippen LogP contribution in [0.25, 0.3) is 0 Å². The van der Waals surface area contributed by atoms with E-state index in [-0.39, 0.29) is 24.0 Å². The molecule has 0 spiro atoms. The SMILES string of the molecule is Cc1ccc(NC(=O)Cn2nnc(C(=O)Nc3ccc(C)cc3C)c2N)cc1. The quantitative estimate of drug-likeness (QED) is 0.631. The van der Waals surface area contributed by atoms with Crippen molar-refractivity contribution in [3.05, 3.63) is 64.8 Å². The van der Waals surface area contributed by atoms with Gasteiger partial charge in [-0.15, -0.1) is 5.10 Å². The molecule has 0 saturated carbocycles. The van der Waals surface area contributed by atoms with Crippen molar-refractivity contribution in [2.75, 3.05) is 16.4 Å². The zero-order valence-electron chi connectivity index (χ0n) is 16.0. The van der Waals surface area contributed by atoms with Gasteiger partial charge in [0.15, 0.2) is 11.5 Å². The number of aryl methyl sites for hydroxylation is 3. The van der Waals surface area contributed by atoms with E-state index in [1.54, 1.807) is 12.1 Å². The zero-order chi connectivity index (χ0) is 20.3. The fraction of sp³-hybridized carbons (Fsp3) is 0.200. The molecule has 0 aliphatic heterocycles. The van der Waals surface area contributed by atoms with E-state index in [2.05, 4.69) is 20.9 Å². The molecule has 0 aliphatic rings. The topological polar surface area (TPSA) is 115 Å². The zero-order valence-corrected chi connectivity index (χ0v) is 16.0. The lowest BCUT2D eigenvalue weighted by Crippen LogP contribution is -2.21. The number of rotatable bonds is 5. The summed E-state index contributed by atoms with van der Waals surface area (Å²) in [4.78, 5) is 24.7. The number of hydrogen-bond acceptors (Lipinski definition) is 5. The second kappa shape index (κ2) is 7.91. The van der Waals surface area contributed by atoms with Crippen LogP contribution in [0.5, 0.6) is 0 Å². The van der Waals surface area contributed by atoms with Crippen LogP contribution in [0, 0.1) is 20.8 Å². The fourth-order valence-corrected chi connectivity index (χ4v) is 2.71. The van der Waals surface area contributed by atoms with E-state index in [9.17, 15) is 9.59 Å². The lowest BCUT2D eigenvalue weighted by molar-refractivity contribution is -0.116. The van der Waals surface area contributed by atoms with Crippen LogP contribution in [0.4, 0.5) is 17.2 Å². The first-order chi connectivity index (χ1) is 13.3. The third-order valence-corrected chi connectivity index (χ3v) is 4.25. The Morgan fingerprint density at radius 1 is 1.00 bits per heavy atom. The minimum Gasteiger partial charge on any atom is -0.382 e. The highest BCUT2D eigenvalue weighted by Gasteiger charge is 2.19. The Morgan fingerprint density at radius 2 is 1.68 bits per heavy atom. The van der Waals surface area contributed by atoms with Gasteiger partial charge in [0.2, 0.25) is 5.91 Å². The molecule has 28 heavy (non-hydrogen) atoms. The minimum atomic E-state index is -0.477. The van der Waals surface area contributed by atoms with E-state index in [1.807, 2.05) is 51.1 Å². The summed E-state index contributed by atoms with van der Waals surface area (Å²) >= 11 is 0. The molecule has 0 atom stereocenters. The van der Waals surface area contributed by atoms with Crippen molar-refractivity contribution in [1.82, 2.24) is 15.0 Å². The molecular weight excluding hydrogens is 356 g/mol. The monoisotopic (exact) mass is 378 g/mol. The maximum atomic E-state index is 12.5. The molecular formula is C20H22N6O2. The molecule has 0 fully saturated rings. The van der Waals surface area contributed by atoms with Crippen molar-refractivity contribution < 1.29 is 9.59 Å². The predicted molar refractivity (Wildman–Crippen MR) is 108 cm³/mol. The van der Waals surface area contributed by atoms with Gasteiger partial charge in [-0.3, -0.25) is 9.59 Å². The largest absolute Gasteiger partial charge is 0.382 e. The summed E-state index contributed by atoms with van der Waals surface area (Å²) in [6.07, 6.45) is 0. The van der Waals surface area contributed by atoms with Crippen LogP contribution in [-0.4, -0.2) is 26.8 Å². The molecule has 1 heterocycles. The summed E-state index contributed by atoms with van der Waals surface area (Å²) in [6.45, 7) is 5.69. The first-order valence-electron chi connectivity index (χ1n) is 8.77. The van der Waals surface area contributed by atoms with Gasteiger partial charge in [0.05, 0.1) is 0 Å². The minimum absolute atomic E-state index is 0.0249. The first-order valence-corrected chi connectivity index (χ1v) is 8.77. The third-order valence-electron chi connectivity index (χ3n) is 4.25. The predicted octanol–water partition coefficient (Wildman–Crippen LogP) is 2.68. The highest BCUT2D eigenvalue weighted by molar-refractivity contribution is 6.06. The molecule has 1 aromatic heterocycles. The van der Waals surface area contributed by atoms with Crippen LogP contribution in [0.1, 0.15) is 27.2 Å². The lowest BCUT2D eigenvalue weighted by atomic mass is 10.1. The summed E-state index contributed by atoms with van der Waals surface area (Å²) in [5.74, 6) is -0.766. The van der Waals surface area contributed by atoms with E-state index in [4.69, 9.17) is 5.73 Å². The number of hydrogen-bond donors (Lipinski definition) is 3. The highest BCUT2D eigenvalue weighted by atomic mass is 16.2. The van der Waals surface area contributed by atoms with Crippen molar-refractivity contribution in [2.45, 2.75) is 27.3 Å². The van der Waals surface area contributed by atoms with Crippen molar-refractivity contribution in [3.63, 3.8) is 0 Å². The molecule has 0 bridgehead atoms. The number of nitrogens with two attached hydrogens (primary N) is 1. The molecule has 2 amide bonds. The number of anilines is 3. The Hall–Kier alpha value is -3.68. The molecule has 4 N–H and O–H groups in total. The lowest BCUT2D eigenvalue weighted by Gasteiger charge is -2.08. The molecule has 8 nitrogen and oxygen atoms in total. The Morgan fingerprint density at radius 3 is 2.36 bits per heavy atom. The van der Waals surface area contributed by atoms with Crippen molar-refractivity contribution in [3.8, 4) is 0 Å². The number of nitrogens with zero attached hydrogens (tertiary/aromatic N) is 3. The van der Waals surface area contributed by atoms with Crippen LogP contribution >= 0.6 is 0 Å². The van der Waals surface area contributed by atoms with E-state index in [1.165, 1.54) is 4.68 Å². The molecule has 2 aromatic carbocycles. The number of amides is 2. The molecule has 0 aliphatic carbocycles. The van der Waals surface area contributed by atoms with Gasteiger partial charge in [-0.2, -0.15) is 0 Å². The van der Waals surface area contributed by atoms with Gasteiger partial charge in [0, 0.05) is 11.4 Å². The van der Waals surface area contributed by atoms with Crippen LogP contribution in [0.2, 0.25) is 0 Å². The molecule has 144 valence electrons. The third kappa shape index (κ3) is 4.35. The molecule has 0 unspecified atom stereocenters. The van der Waals surface area contributed by atoms with Crippen LogP contribution < -0.4 is 16.4 Å². The van der Waals surface area contributed by atoms with Gasteiger partial charge in [-0.1, -0.05) is 40.6 Å². The van der Waals surface area contributed by atoms with E-state index in [0.29, 0.717) is 11.4 Å². The fourth-order valence-electron chi connectivity index (χ4n) is 2.71. The normalized spacial score (nSPS) is 10.5. The average Bonchev–Trinajstić information content (AvgIpc) is 3.00. The maximum absolute atomic E-state index is 12.5. The van der Waals surface area contributed by atoms with E-state index < -0.39 is 5.91 Å². The van der Waals surface area contributed by atoms with Gasteiger partial charge >= 0.3 is 0 Å². The van der Waals surface area contributed by atoms with Crippen molar-refractivity contribution in [1.29, 1.82) is 0 Å². The van der Waals surface area contributed by atoms with E-state index >= 15 is 0 Å². The van der Waals surface area contributed by atoms with Crippen LogP contribution in [0.15, 0.2) is 42.5 Å². The highest BCUT2D eigenvalue weighted by Crippen LogP contribution is 2.18. The van der Waals surface area contributed by atoms with Crippen molar-refractivity contribution in [2.24, 2.45) is 0 Å². The van der Waals surface area contributed by atoms with Gasteiger partial charge < -0.3 is 16.4 Å². The number of nitrogens with one attached hydrogen (secondary N) is 2. The molecule has 0 radical (unpaired) electrons. The standard InChI is InChI=1S/C20H22N6O2/c1-12-4-7-15(8-5-12)22-17(27)11-26-19(21)18(24-25-26)20(28)23-16-9-6-13(2)10-14(16)3/h4-10H,11,21H2,1-3H3,(H,22,27)(H,23,28). The number of benzene rings is 2. The number of aromatic nitrogens is 3. The Labute approximate surface area is 162 Å². The first kappa shape index (κ1) is 19.1. The Bertz CT molecular complexity index is 1020. The number of nitrogen functional groups attached to an aromatic ring is 1. The van der Waals surface area contributed by atoms with Gasteiger partial charge in [0.1, 0.15) is 6.54 Å². The van der Waals surface area contributed by atoms with E-state index in [0.717, 1.165) is 16.7 Å². The smallest absolute Gasteiger partial charge is 0.280 e. The molecule has 3 aromatic rings. The van der Waals surface area contributed by atoms with Crippen LogP contribution in [0.3, 0.4) is 0 Å². The second-order valence-electron chi connectivity index (χ2n) is 6.67. The summed E-state index contributed by atoms with van der Waals surface area (Å²) in [6, 6.07) is 13.1. The maximum Gasteiger partial charge on any atom is 0.280 e. The second-order valence-corrected chi connectivity index (χ2v) is 6.67. The van der Waals surface area contributed by atoms with Crippen LogP contribution in [-0.2, 0) is 11.3 Å². The number of carbonyl (C=O) groups excluding carboxylic acids is 2. The molecule has 8 heteroatoms. The Kier molecular flexibility index (Phi) is 5.39. The number of carbonyl (C=O) groups is 2. The summed E-state index contributed by atoms with van der Waals surface area (Å²) in [5.41, 5.74) is 10.4. The molecule has 3 rings (SSSR count). The van der Waals surface area contributed by atoms with Gasteiger partial charge in [0.25, 0.3) is 5.91 Å². The van der Waals surface area contributed by atoms with Gasteiger partial charge in [-0.25, -0.2) is 4.68 Å².